The number of nitrogens with two attached hydrogens (primary N) is 1. The van der Waals surface area contributed by atoms with Crippen LogP contribution in [0.4, 0.5) is 5.69 Å². The first-order chi connectivity index (χ1) is 10.1. The molecule has 0 aromatic heterocycles. The Kier molecular flexibility index (Phi) is 5.33. The lowest BCUT2D eigenvalue weighted by atomic mass is 10.00. The topological polar surface area (TPSA) is 75.4 Å². The standard InChI is InChI=1S/C16H23N3O2/c1-2-14-5-3-4-10-19(14)11-15(20)18-13-8-6-12(7-9-13)16(17)21/h6-9,14H,2-5,10-11H2,1H3,(H2,17,21)(H,18,20). The summed E-state index contributed by atoms with van der Waals surface area (Å²) < 4.78 is 0. The molecule has 1 aromatic carbocycles. The minimum absolute atomic E-state index is 0.0119. The minimum atomic E-state index is -0.466. The van der Waals surface area contributed by atoms with Gasteiger partial charge in [-0.25, -0.2) is 0 Å². The highest BCUT2D eigenvalue weighted by Gasteiger charge is 2.22. The van der Waals surface area contributed by atoms with E-state index in [-0.39, 0.29) is 5.91 Å². The van der Waals surface area contributed by atoms with E-state index in [1.807, 2.05) is 0 Å². The Morgan fingerprint density at radius 2 is 2.00 bits per heavy atom. The number of carbonyl (C=O) groups is 2. The minimum Gasteiger partial charge on any atom is -0.366 e. The Morgan fingerprint density at radius 3 is 2.62 bits per heavy atom. The average molecular weight is 289 g/mol. The molecule has 1 heterocycles. The normalized spacial score (nSPS) is 19.2. The molecule has 1 aromatic rings. The molecule has 1 unspecified atom stereocenters. The molecule has 2 rings (SSSR count). The summed E-state index contributed by atoms with van der Waals surface area (Å²) in [5, 5.41) is 2.87. The molecular weight excluding hydrogens is 266 g/mol. The first-order valence-electron chi connectivity index (χ1n) is 7.54. The van der Waals surface area contributed by atoms with Gasteiger partial charge in [0.05, 0.1) is 6.54 Å². The fraction of sp³-hybridized carbons (Fsp3) is 0.500. The molecule has 2 amide bonds. The molecule has 5 nitrogen and oxygen atoms in total. The molecule has 21 heavy (non-hydrogen) atoms. The van der Waals surface area contributed by atoms with Crippen LogP contribution in [0.1, 0.15) is 43.0 Å². The summed E-state index contributed by atoms with van der Waals surface area (Å²) in [4.78, 5) is 25.4. The number of nitrogens with zero attached hydrogens (tertiary/aromatic N) is 1. The van der Waals surface area contributed by atoms with Crippen molar-refractivity contribution in [1.82, 2.24) is 4.90 Å². The van der Waals surface area contributed by atoms with Crippen LogP contribution < -0.4 is 11.1 Å². The predicted octanol–water partition coefficient (Wildman–Crippen LogP) is 1.99. The molecule has 5 heteroatoms. The van der Waals surface area contributed by atoms with Crippen LogP contribution in [0.5, 0.6) is 0 Å². The second kappa shape index (κ2) is 7.22. The van der Waals surface area contributed by atoms with Crippen molar-refractivity contribution in [3.63, 3.8) is 0 Å². The van der Waals surface area contributed by atoms with Gasteiger partial charge in [0.25, 0.3) is 0 Å². The van der Waals surface area contributed by atoms with E-state index in [0.29, 0.717) is 23.8 Å². The van der Waals surface area contributed by atoms with Gasteiger partial charge in [-0.1, -0.05) is 13.3 Å². The largest absolute Gasteiger partial charge is 0.366 e. The summed E-state index contributed by atoms with van der Waals surface area (Å²) in [6, 6.07) is 7.15. The van der Waals surface area contributed by atoms with Gasteiger partial charge in [0.1, 0.15) is 0 Å². The van der Waals surface area contributed by atoms with Crippen molar-refractivity contribution in [3.8, 4) is 0 Å². The van der Waals surface area contributed by atoms with E-state index in [9.17, 15) is 9.59 Å². The van der Waals surface area contributed by atoms with E-state index in [1.165, 1.54) is 12.8 Å². The summed E-state index contributed by atoms with van der Waals surface area (Å²) in [5.74, 6) is -0.478. The fourth-order valence-electron chi connectivity index (χ4n) is 2.83. The summed E-state index contributed by atoms with van der Waals surface area (Å²) in [6.45, 7) is 3.59. The maximum atomic E-state index is 12.1. The average Bonchev–Trinajstić information content (AvgIpc) is 2.48. The van der Waals surface area contributed by atoms with Crippen molar-refractivity contribution in [2.45, 2.75) is 38.6 Å². The third-order valence-electron chi connectivity index (χ3n) is 4.02. The van der Waals surface area contributed by atoms with Crippen LogP contribution in [0.25, 0.3) is 0 Å². The van der Waals surface area contributed by atoms with Crippen molar-refractivity contribution in [2.24, 2.45) is 5.73 Å². The van der Waals surface area contributed by atoms with Gasteiger partial charge in [-0.3, -0.25) is 14.5 Å². The summed E-state index contributed by atoms with van der Waals surface area (Å²) in [6.07, 6.45) is 4.68. The first-order valence-corrected chi connectivity index (χ1v) is 7.54. The molecular formula is C16H23N3O2. The van der Waals surface area contributed by atoms with Gasteiger partial charge in [0.15, 0.2) is 0 Å². The van der Waals surface area contributed by atoms with Gasteiger partial charge in [-0.05, 0) is 50.1 Å². The number of piperidine rings is 1. The fourth-order valence-corrected chi connectivity index (χ4v) is 2.83. The quantitative estimate of drug-likeness (QED) is 0.870. The zero-order valence-electron chi connectivity index (χ0n) is 12.5. The Bertz CT molecular complexity index is 499. The van der Waals surface area contributed by atoms with Crippen LogP contribution in [0, 0.1) is 0 Å². The number of nitrogens with one attached hydrogen (secondary N) is 1. The van der Waals surface area contributed by atoms with Crippen LogP contribution in [0.2, 0.25) is 0 Å². The Hall–Kier alpha value is -1.88. The number of anilines is 1. The number of primary amides is 1. The van der Waals surface area contributed by atoms with Crippen LogP contribution in [0.3, 0.4) is 0 Å². The van der Waals surface area contributed by atoms with E-state index in [1.54, 1.807) is 24.3 Å². The molecule has 1 atom stereocenters. The molecule has 0 saturated carbocycles. The summed E-state index contributed by atoms with van der Waals surface area (Å²) >= 11 is 0. The second-order valence-corrected chi connectivity index (χ2v) is 5.52. The van der Waals surface area contributed by atoms with Gasteiger partial charge in [-0.15, -0.1) is 0 Å². The van der Waals surface area contributed by atoms with E-state index in [4.69, 9.17) is 5.73 Å². The van der Waals surface area contributed by atoms with E-state index in [2.05, 4.69) is 17.1 Å². The summed E-state index contributed by atoms with van der Waals surface area (Å²) in [5.41, 5.74) is 6.32. The molecule has 1 saturated heterocycles. The second-order valence-electron chi connectivity index (χ2n) is 5.52. The van der Waals surface area contributed by atoms with Gasteiger partial charge in [-0.2, -0.15) is 0 Å². The highest BCUT2D eigenvalue weighted by atomic mass is 16.2. The Labute approximate surface area is 125 Å². The van der Waals surface area contributed by atoms with Crippen molar-refractivity contribution in [3.05, 3.63) is 29.8 Å². The lowest BCUT2D eigenvalue weighted by molar-refractivity contribution is -0.118. The third kappa shape index (κ3) is 4.29. The number of rotatable bonds is 5. The molecule has 0 bridgehead atoms. The number of amides is 2. The Morgan fingerprint density at radius 1 is 1.29 bits per heavy atom. The number of carbonyl (C=O) groups excluding carboxylic acids is 2. The van der Waals surface area contributed by atoms with Gasteiger partial charge in [0, 0.05) is 17.3 Å². The maximum absolute atomic E-state index is 12.1. The summed E-state index contributed by atoms with van der Waals surface area (Å²) in [7, 11) is 0. The van der Waals surface area contributed by atoms with E-state index in [0.717, 1.165) is 19.4 Å². The molecule has 3 N–H and O–H groups in total. The molecule has 1 aliphatic rings. The van der Waals surface area contributed by atoms with Crippen LogP contribution in [-0.4, -0.2) is 35.8 Å². The highest BCUT2D eigenvalue weighted by molar-refractivity contribution is 5.95. The van der Waals surface area contributed by atoms with Crippen LogP contribution >= 0.6 is 0 Å². The van der Waals surface area contributed by atoms with Crippen molar-refractivity contribution >= 4 is 17.5 Å². The van der Waals surface area contributed by atoms with Crippen LogP contribution in [0.15, 0.2) is 24.3 Å². The molecule has 0 radical (unpaired) electrons. The van der Waals surface area contributed by atoms with Gasteiger partial charge >= 0.3 is 0 Å². The molecule has 114 valence electrons. The number of likely N-dealkylation sites (tertiary alicyclic amines) is 1. The van der Waals surface area contributed by atoms with Gasteiger partial charge in [0.2, 0.25) is 11.8 Å². The monoisotopic (exact) mass is 289 g/mol. The zero-order valence-corrected chi connectivity index (χ0v) is 12.5. The first kappa shape index (κ1) is 15.5. The van der Waals surface area contributed by atoms with Crippen molar-refractivity contribution in [1.29, 1.82) is 0 Å². The maximum Gasteiger partial charge on any atom is 0.248 e. The van der Waals surface area contributed by atoms with E-state index >= 15 is 0 Å². The van der Waals surface area contributed by atoms with E-state index < -0.39 is 5.91 Å². The SMILES string of the molecule is CCC1CCCCN1CC(=O)Nc1ccc(C(N)=O)cc1. The lowest BCUT2D eigenvalue weighted by Crippen LogP contribution is -2.43. The predicted molar refractivity (Wildman–Crippen MR) is 83.1 cm³/mol. The Balaban J connectivity index is 1.90. The molecule has 0 spiro atoms. The molecule has 1 fully saturated rings. The van der Waals surface area contributed by atoms with Crippen LogP contribution in [-0.2, 0) is 4.79 Å². The smallest absolute Gasteiger partial charge is 0.248 e. The molecule has 1 aliphatic heterocycles. The zero-order chi connectivity index (χ0) is 15.2. The number of hydrogen-bond acceptors (Lipinski definition) is 3. The van der Waals surface area contributed by atoms with Crippen molar-refractivity contribution in [2.75, 3.05) is 18.4 Å². The van der Waals surface area contributed by atoms with Crippen molar-refractivity contribution < 1.29 is 9.59 Å². The number of hydrogen-bond donors (Lipinski definition) is 2. The highest BCUT2D eigenvalue weighted by Crippen LogP contribution is 2.19. The third-order valence-corrected chi connectivity index (χ3v) is 4.02. The molecule has 0 aliphatic carbocycles. The lowest BCUT2D eigenvalue weighted by Gasteiger charge is -2.34. The number of benzene rings is 1. The van der Waals surface area contributed by atoms with Gasteiger partial charge < -0.3 is 11.1 Å².